The monoisotopic (exact) mass is 235 g/mol. The van der Waals surface area contributed by atoms with Crippen LogP contribution in [0.4, 0.5) is 0 Å². The van der Waals surface area contributed by atoms with Gasteiger partial charge in [-0.2, -0.15) is 0 Å². The molecule has 0 heterocycles. The Morgan fingerprint density at radius 2 is 2.18 bits per heavy atom. The summed E-state index contributed by atoms with van der Waals surface area (Å²) in [5, 5.41) is 0. The summed E-state index contributed by atoms with van der Waals surface area (Å²) in [7, 11) is 0. The van der Waals surface area contributed by atoms with Crippen molar-refractivity contribution in [3.63, 3.8) is 0 Å². The topological polar surface area (TPSA) is 44.5 Å². The number of hydrogen-bond acceptors (Lipinski definition) is 3. The molecule has 1 aromatic carbocycles. The van der Waals surface area contributed by atoms with Gasteiger partial charge in [-0.15, -0.1) is 0 Å². The zero-order valence-electron chi connectivity index (χ0n) is 10.6. The third kappa shape index (κ3) is 3.20. The average Bonchev–Trinajstić information content (AvgIpc) is 2.66. The van der Waals surface area contributed by atoms with Gasteiger partial charge in [-0.1, -0.05) is 6.07 Å². The van der Waals surface area contributed by atoms with Gasteiger partial charge < -0.3 is 15.2 Å². The van der Waals surface area contributed by atoms with Crippen LogP contribution in [0.25, 0.3) is 0 Å². The van der Waals surface area contributed by atoms with E-state index in [-0.39, 0.29) is 12.1 Å². The minimum atomic E-state index is 0.211. The highest BCUT2D eigenvalue weighted by molar-refractivity contribution is 5.40. The summed E-state index contributed by atoms with van der Waals surface area (Å²) in [5.41, 5.74) is 8.60. The summed E-state index contributed by atoms with van der Waals surface area (Å²) in [5.74, 6) is 0.921. The molecule has 1 aromatic rings. The van der Waals surface area contributed by atoms with E-state index in [0.29, 0.717) is 13.2 Å². The van der Waals surface area contributed by atoms with Crippen LogP contribution in [0, 0.1) is 0 Å². The summed E-state index contributed by atoms with van der Waals surface area (Å²) in [6.07, 6.45) is 2.38. The third-order valence-corrected chi connectivity index (χ3v) is 3.04. The third-order valence-electron chi connectivity index (χ3n) is 3.04. The highest BCUT2D eigenvalue weighted by atomic mass is 16.5. The predicted octanol–water partition coefficient (Wildman–Crippen LogP) is 2.44. The number of aryl methyl sites for hydroxylation is 1. The molecule has 0 unspecified atom stereocenters. The number of fused-ring (bicyclic) bond motifs is 1. The van der Waals surface area contributed by atoms with E-state index in [4.69, 9.17) is 15.2 Å². The van der Waals surface area contributed by atoms with Crippen molar-refractivity contribution < 1.29 is 9.47 Å². The van der Waals surface area contributed by atoms with Gasteiger partial charge in [-0.05, 0) is 49.9 Å². The molecule has 2 rings (SSSR count). The lowest BCUT2D eigenvalue weighted by atomic mass is 10.1. The second kappa shape index (κ2) is 5.52. The Hall–Kier alpha value is -1.06. The van der Waals surface area contributed by atoms with Crippen molar-refractivity contribution in [3.8, 4) is 5.75 Å². The van der Waals surface area contributed by atoms with Gasteiger partial charge in [0.05, 0.1) is 12.7 Å². The number of rotatable bonds is 5. The summed E-state index contributed by atoms with van der Waals surface area (Å²) in [6, 6.07) is 6.41. The van der Waals surface area contributed by atoms with Crippen molar-refractivity contribution in [2.24, 2.45) is 5.73 Å². The lowest BCUT2D eigenvalue weighted by Crippen LogP contribution is -2.11. The van der Waals surface area contributed by atoms with E-state index in [1.165, 1.54) is 11.1 Å². The van der Waals surface area contributed by atoms with E-state index >= 15 is 0 Å². The van der Waals surface area contributed by atoms with Crippen LogP contribution in [0.3, 0.4) is 0 Å². The Balaban J connectivity index is 1.86. The van der Waals surface area contributed by atoms with E-state index in [1.54, 1.807) is 0 Å². The Morgan fingerprint density at radius 3 is 2.94 bits per heavy atom. The molecule has 2 N–H and O–H groups in total. The molecule has 0 spiro atoms. The largest absolute Gasteiger partial charge is 0.491 e. The molecule has 1 aliphatic rings. The van der Waals surface area contributed by atoms with Gasteiger partial charge in [-0.3, -0.25) is 0 Å². The minimum absolute atomic E-state index is 0.211. The number of nitrogens with two attached hydrogens (primary N) is 1. The molecule has 0 aliphatic heterocycles. The maximum Gasteiger partial charge on any atom is 0.119 e. The summed E-state index contributed by atoms with van der Waals surface area (Å²) in [6.45, 7) is 5.28. The van der Waals surface area contributed by atoms with E-state index in [2.05, 4.69) is 12.1 Å². The SMILES string of the molecule is CC(C)OCCOc1ccc2c(c1)CC[C@@H]2N. The first-order chi connectivity index (χ1) is 8.16. The standard InChI is InChI=1S/C14H21NO2/c1-10(2)16-7-8-17-12-4-5-13-11(9-12)3-6-14(13)15/h4-5,9-10,14H,3,6-8,15H2,1-2H3/t14-/m0/s1. The zero-order valence-corrected chi connectivity index (χ0v) is 10.6. The fourth-order valence-corrected chi connectivity index (χ4v) is 2.16. The highest BCUT2D eigenvalue weighted by Gasteiger charge is 2.18. The van der Waals surface area contributed by atoms with E-state index in [1.807, 2.05) is 19.9 Å². The highest BCUT2D eigenvalue weighted by Crippen LogP contribution is 2.31. The lowest BCUT2D eigenvalue weighted by Gasteiger charge is -2.11. The van der Waals surface area contributed by atoms with Crippen molar-refractivity contribution in [2.75, 3.05) is 13.2 Å². The van der Waals surface area contributed by atoms with Gasteiger partial charge in [-0.25, -0.2) is 0 Å². The van der Waals surface area contributed by atoms with Crippen molar-refractivity contribution in [1.29, 1.82) is 0 Å². The molecule has 0 bridgehead atoms. The minimum Gasteiger partial charge on any atom is -0.491 e. The number of hydrogen-bond donors (Lipinski definition) is 1. The van der Waals surface area contributed by atoms with Crippen LogP contribution in [0.5, 0.6) is 5.75 Å². The van der Waals surface area contributed by atoms with Crippen LogP contribution < -0.4 is 10.5 Å². The summed E-state index contributed by atoms with van der Waals surface area (Å²) >= 11 is 0. The molecule has 3 heteroatoms. The Morgan fingerprint density at radius 1 is 1.35 bits per heavy atom. The molecule has 0 fully saturated rings. The first-order valence-electron chi connectivity index (χ1n) is 6.29. The predicted molar refractivity (Wildman–Crippen MR) is 68.3 cm³/mol. The van der Waals surface area contributed by atoms with Crippen LogP contribution in [-0.2, 0) is 11.2 Å². The molecule has 0 aromatic heterocycles. The van der Waals surface area contributed by atoms with Gasteiger partial charge in [0.15, 0.2) is 0 Å². The molecule has 0 saturated heterocycles. The van der Waals surface area contributed by atoms with E-state index < -0.39 is 0 Å². The van der Waals surface area contributed by atoms with E-state index in [9.17, 15) is 0 Å². The molecule has 94 valence electrons. The average molecular weight is 235 g/mol. The van der Waals surface area contributed by atoms with Gasteiger partial charge in [0.1, 0.15) is 12.4 Å². The van der Waals surface area contributed by atoms with Crippen LogP contribution in [-0.4, -0.2) is 19.3 Å². The second-order valence-corrected chi connectivity index (χ2v) is 4.77. The first kappa shape index (κ1) is 12.4. The van der Waals surface area contributed by atoms with Crippen LogP contribution in [0.15, 0.2) is 18.2 Å². The smallest absolute Gasteiger partial charge is 0.119 e. The summed E-state index contributed by atoms with van der Waals surface area (Å²) < 4.78 is 11.1. The molecule has 17 heavy (non-hydrogen) atoms. The van der Waals surface area contributed by atoms with Crippen molar-refractivity contribution >= 4 is 0 Å². The van der Waals surface area contributed by atoms with E-state index in [0.717, 1.165) is 18.6 Å². The Kier molecular flexibility index (Phi) is 4.02. The number of benzene rings is 1. The molecular weight excluding hydrogens is 214 g/mol. The molecular formula is C14H21NO2. The first-order valence-corrected chi connectivity index (χ1v) is 6.29. The van der Waals surface area contributed by atoms with Crippen molar-refractivity contribution in [2.45, 2.75) is 38.8 Å². The van der Waals surface area contributed by atoms with Crippen LogP contribution in [0.1, 0.15) is 37.4 Å². The molecule has 1 atom stereocenters. The normalized spacial score (nSPS) is 18.5. The second-order valence-electron chi connectivity index (χ2n) is 4.77. The quantitative estimate of drug-likeness (QED) is 0.797. The maximum absolute atomic E-state index is 5.99. The molecule has 0 saturated carbocycles. The van der Waals surface area contributed by atoms with Gasteiger partial charge >= 0.3 is 0 Å². The lowest BCUT2D eigenvalue weighted by molar-refractivity contribution is 0.0552. The van der Waals surface area contributed by atoms with Crippen molar-refractivity contribution in [3.05, 3.63) is 29.3 Å². The molecule has 0 radical (unpaired) electrons. The van der Waals surface area contributed by atoms with Gasteiger partial charge in [0.2, 0.25) is 0 Å². The summed E-state index contributed by atoms with van der Waals surface area (Å²) in [4.78, 5) is 0. The molecule has 1 aliphatic carbocycles. The van der Waals surface area contributed by atoms with Gasteiger partial charge in [0.25, 0.3) is 0 Å². The fraction of sp³-hybridized carbons (Fsp3) is 0.571. The molecule has 0 amide bonds. The Bertz CT molecular complexity index is 376. The zero-order chi connectivity index (χ0) is 12.3. The fourth-order valence-electron chi connectivity index (χ4n) is 2.16. The van der Waals surface area contributed by atoms with Gasteiger partial charge in [0, 0.05) is 6.04 Å². The molecule has 3 nitrogen and oxygen atoms in total. The maximum atomic E-state index is 5.99. The van der Waals surface area contributed by atoms with Crippen LogP contribution in [0.2, 0.25) is 0 Å². The Labute approximate surface area is 103 Å². The number of ether oxygens (including phenoxy) is 2. The van der Waals surface area contributed by atoms with Crippen LogP contribution >= 0.6 is 0 Å². The van der Waals surface area contributed by atoms with Crippen molar-refractivity contribution in [1.82, 2.24) is 0 Å².